The van der Waals surface area contributed by atoms with Crippen molar-refractivity contribution in [1.82, 2.24) is 0 Å². The minimum Gasteiger partial charge on any atom is -1.00 e. The molecule has 0 saturated heterocycles. The standard InChI is InChI=1S/2C9H11.C2H4.CH4O.ClH.Zr/c2*1-2-5-9-7-3-6-8(9)4-1;2*1-2;;/h2*3,6-7H,1-2,4-5H2;1-2H2;2H,1H3;1H;/q2*-1;;;;+3/p-1. The van der Waals surface area contributed by atoms with Crippen molar-refractivity contribution in [2.24, 2.45) is 0 Å². The first-order valence-electron chi connectivity index (χ1n) is 8.35. The molecule has 2 aliphatic rings. The second kappa shape index (κ2) is 16.1. The molecule has 0 saturated carbocycles. The van der Waals surface area contributed by atoms with Gasteiger partial charge in [-0.1, -0.05) is 51.4 Å². The van der Waals surface area contributed by atoms with Gasteiger partial charge in [0, 0.05) is 7.11 Å². The Bertz CT molecular complexity index is 428. The van der Waals surface area contributed by atoms with E-state index in [1.165, 1.54) is 51.4 Å². The molecule has 1 nitrogen and oxygen atoms in total. The molecule has 2 aromatic carbocycles. The van der Waals surface area contributed by atoms with Crippen LogP contribution in [0, 0.1) is 0 Å². The minimum absolute atomic E-state index is 0. The molecular weight excluding hydrogens is 395 g/mol. The fourth-order valence-corrected chi connectivity index (χ4v) is 3.23. The van der Waals surface area contributed by atoms with Crippen molar-refractivity contribution in [3.63, 3.8) is 0 Å². The maximum absolute atomic E-state index is 7.00. The van der Waals surface area contributed by atoms with Crippen LogP contribution < -0.4 is 12.4 Å². The van der Waals surface area contributed by atoms with Crippen LogP contribution in [0.15, 0.2) is 49.6 Å². The van der Waals surface area contributed by atoms with Gasteiger partial charge in [-0.25, -0.2) is 12.1 Å². The molecule has 0 fully saturated rings. The van der Waals surface area contributed by atoms with Gasteiger partial charge in [-0.3, -0.25) is 0 Å². The van der Waals surface area contributed by atoms with E-state index >= 15 is 0 Å². The molecular formula is C21H30ClOZr. The van der Waals surface area contributed by atoms with Gasteiger partial charge in [0.1, 0.15) is 0 Å². The number of halogens is 1. The van der Waals surface area contributed by atoms with E-state index in [4.69, 9.17) is 5.11 Å². The Labute approximate surface area is 173 Å². The summed E-state index contributed by atoms with van der Waals surface area (Å²) in [4.78, 5) is 0. The molecule has 2 aromatic rings. The van der Waals surface area contributed by atoms with E-state index in [1.54, 1.807) is 22.3 Å². The average molecular weight is 425 g/mol. The number of aryl methyl sites for hydroxylation is 4. The van der Waals surface area contributed by atoms with Crippen LogP contribution in [0.1, 0.15) is 47.9 Å². The van der Waals surface area contributed by atoms with E-state index in [9.17, 15) is 0 Å². The van der Waals surface area contributed by atoms with Crippen LogP contribution in [0.2, 0.25) is 0 Å². The Morgan fingerprint density at radius 2 is 1.08 bits per heavy atom. The molecule has 0 amide bonds. The maximum atomic E-state index is 7.00. The zero-order chi connectivity index (χ0) is 16.2. The molecule has 0 bridgehead atoms. The Morgan fingerprint density at radius 1 is 0.750 bits per heavy atom. The van der Waals surface area contributed by atoms with E-state index in [-0.39, 0.29) is 38.6 Å². The molecule has 24 heavy (non-hydrogen) atoms. The van der Waals surface area contributed by atoms with Crippen molar-refractivity contribution in [3.8, 4) is 0 Å². The monoisotopic (exact) mass is 423 g/mol. The van der Waals surface area contributed by atoms with Crippen LogP contribution in [0.3, 0.4) is 0 Å². The predicted octanol–water partition coefficient (Wildman–Crippen LogP) is 1.98. The molecule has 3 heteroatoms. The van der Waals surface area contributed by atoms with Crippen LogP contribution in [-0.4, -0.2) is 12.2 Å². The van der Waals surface area contributed by atoms with Crippen LogP contribution in [-0.2, 0) is 51.9 Å². The molecule has 0 aliphatic heterocycles. The molecule has 0 atom stereocenters. The summed E-state index contributed by atoms with van der Waals surface area (Å²) in [5.41, 5.74) is 6.39. The molecule has 1 N–H and O–H groups in total. The number of hydrogen-bond acceptors (Lipinski definition) is 1. The third-order valence-corrected chi connectivity index (χ3v) is 4.30. The SMILES string of the molecule is C=C.CO.[Cl-].[Zr+3].c1cc2c([cH-]1)CCCC2.c1cc2c([cH-]1)CCCC2. The molecule has 0 heterocycles. The third-order valence-electron chi connectivity index (χ3n) is 4.30. The number of aliphatic hydroxyl groups excluding tert-OH is 1. The normalized spacial score (nSPS) is 13.4. The van der Waals surface area contributed by atoms with Gasteiger partial charge < -0.3 is 17.5 Å². The average Bonchev–Trinajstić information content (AvgIpc) is 3.28. The zero-order valence-electron chi connectivity index (χ0n) is 14.9. The summed E-state index contributed by atoms with van der Waals surface area (Å²) >= 11 is 0. The largest absolute Gasteiger partial charge is 3.00 e. The second-order valence-electron chi connectivity index (χ2n) is 5.57. The Balaban J connectivity index is 0. The van der Waals surface area contributed by atoms with E-state index in [1.807, 2.05) is 0 Å². The van der Waals surface area contributed by atoms with E-state index < -0.39 is 0 Å². The van der Waals surface area contributed by atoms with Gasteiger partial charge in [-0.15, -0.1) is 13.2 Å². The van der Waals surface area contributed by atoms with Crippen molar-refractivity contribution in [2.75, 3.05) is 7.11 Å². The Hall–Kier alpha value is -0.427. The molecule has 131 valence electrons. The molecule has 0 aromatic heterocycles. The smallest absolute Gasteiger partial charge is 1.00 e. The second-order valence-corrected chi connectivity index (χ2v) is 5.57. The maximum Gasteiger partial charge on any atom is 3.00 e. The first kappa shape index (κ1) is 25.8. The summed E-state index contributed by atoms with van der Waals surface area (Å²) in [5, 5.41) is 7.00. The molecule has 4 rings (SSSR count). The van der Waals surface area contributed by atoms with Crippen LogP contribution in [0.25, 0.3) is 0 Å². The van der Waals surface area contributed by atoms with Crippen molar-refractivity contribution in [1.29, 1.82) is 0 Å². The third kappa shape index (κ3) is 8.10. The van der Waals surface area contributed by atoms with Crippen LogP contribution in [0.4, 0.5) is 0 Å². The zero-order valence-corrected chi connectivity index (χ0v) is 18.1. The summed E-state index contributed by atoms with van der Waals surface area (Å²) in [5.74, 6) is 0. The van der Waals surface area contributed by atoms with Gasteiger partial charge in [-0.2, -0.15) is 46.5 Å². The van der Waals surface area contributed by atoms with Crippen molar-refractivity contribution >= 4 is 0 Å². The summed E-state index contributed by atoms with van der Waals surface area (Å²) < 4.78 is 0. The summed E-state index contributed by atoms with van der Waals surface area (Å²) in [6.07, 6.45) is 10.9. The van der Waals surface area contributed by atoms with Crippen molar-refractivity contribution in [2.45, 2.75) is 51.4 Å². The molecule has 0 spiro atoms. The predicted molar refractivity (Wildman–Crippen MR) is 96.8 cm³/mol. The Morgan fingerprint density at radius 3 is 1.42 bits per heavy atom. The van der Waals surface area contributed by atoms with Gasteiger partial charge in [0.15, 0.2) is 0 Å². The minimum atomic E-state index is 0. The van der Waals surface area contributed by atoms with Gasteiger partial charge in [0.05, 0.1) is 0 Å². The van der Waals surface area contributed by atoms with E-state index in [0.717, 1.165) is 7.11 Å². The van der Waals surface area contributed by atoms with Gasteiger partial charge in [0.25, 0.3) is 0 Å². The Kier molecular flexibility index (Phi) is 17.3. The van der Waals surface area contributed by atoms with Gasteiger partial charge in [0.2, 0.25) is 0 Å². The number of rotatable bonds is 0. The van der Waals surface area contributed by atoms with Gasteiger partial charge >= 0.3 is 26.2 Å². The fraction of sp³-hybridized carbons (Fsp3) is 0.429. The van der Waals surface area contributed by atoms with E-state index in [0.29, 0.717) is 0 Å². The number of aliphatic hydroxyl groups is 1. The molecule has 1 radical (unpaired) electrons. The first-order chi connectivity index (χ1) is 10.9. The van der Waals surface area contributed by atoms with Crippen LogP contribution in [0.5, 0.6) is 0 Å². The van der Waals surface area contributed by atoms with Crippen molar-refractivity contribution in [3.05, 3.63) is 71.8 Å². The fourth-order valence-electron chi connectivity index (χ4n) is 3.23. The van der Waals surface area contributed by atoms with Crippen LogP contribution >= 0.6 is 0 Å². The number of hydrogen-bond donors (Lipinski definition) is 1. The molecule has 0 unspecified atom stereocenters. The summed E-state index contributed by atoms with van der Waals surface area (Å²) in [6.45, 7) is 6.00. The van der Waals surface area contributed by atoms with Gasteiger partial charge in [-0.05, 0) is 0 Å². The topological polar surface area (TPSA) is 20.2 Å². The first-order valence-corrected chi connectivity index (χ1v) is 8.35. The van der Waals surface area contributed by atoms with E-state index in [2.05, 4.69) is 49.6 Å². The molecule has 2 aliphatic carbocycles. The number of fused-ring (bicyclic) bond motifs is 2. The summed E-state index contributed by atoms with van der Waals surface area (Å²) in [6, 6.07) is 13.4. The van der Waals surface area contributed by atoms with Crippen molar-refractivity contribution < 1.29 is 43.7 Å². The quantitative estimate of drug-likeness (QED) is 0.506. The summed E-state index contributed by atoms with van der Waals surface area (Å²) in [7, 11) is 1.00.